The summed E-state index contributed by atoms with van der Waals surface area (Å²) in [5.41, 5.74) is 5.35. The molecule has 0 fully saturated rings. The van der Waals surface area contributed by atoms with Crippen LogP contribution in [0.1, 0.15) is 41.8 Å². The summed E-state index contributed by atoms with van der Waals surface area (Å²) in [6.07, 6.45) is 5.17. The molecule has 0 aromatic carbocycles. The van der Waals surface area contributed by atoms with Crippen molar-refractivity contribution in [2.24, 2.45) is 5.84 Å². The Balaban J connectivity index is 1.97. The number of nitrogens with two attached hydrogens (primary N) is 1. The molecule has 2 heterocycles. The zero-order valence-electron chi connectivity index (χ0n) is 10.5. The van der Waals surface area contributed by atoms with Crippen LogP contribution in [-0.2, 0) is 6.42 Å². The fourth-order valence-electron chi connectivity index (χ4n) is 2.86. The molecule has 0 amide bonds. The first-order valence-electron chi connectivity index (χ1n) is 6.44. The average molecular weight is 322 g/mol. The predicted octanol–water partition coefficient (Wildman–Crippen LogP) is 3.06. The maximum absolute atomic E-state index is 5.75. The van der Waals surface area contributed by atoms with E-state index in [2.05, 4.69) is 32.4 Å². The van der Waals surface area contributed by atoms with Crippen LogP contribution in [0.4, 0.5) is 0 Å². The van der Waals surface area contributed by atoms with Gasteiger partial charge in [0.25, 0.3) is 0 Å². The van der Waals surface area contributed by atoms with E-state index in [4.69, 9.17) is 10.3 Å². The van der Waals surface area contributed by atoms with Crippen molar-refractivity contribution in [3.63, 3.8) is 0 Å². The number of aromatic nitrogens is 1. The summed E-state index contributed by atoms with van der Waals surface area (Å²) >= 11 is 3.33. The highest BCUT2D eigenvalue weighted by molar-refractivity contribution is 9.10. The van der Waals surface area contributed by atoms with E-state index in [1.807, 2.05) is 24.4 Å². The molecule has 0 bridgehead atoms. The lowest BCUT2D eigenvalue weighted by molar-refractivity contribution is 0.335. The number of halogens is 1. The van der Waals surface area contributed by atoms with Gasteiger partial charge in [0.2, 0.25) is 0 Å². The first-order chi connectivity index (χ1) is 9.29. The number of rotatable bonds is 3. The second kappa shape index (κ2) is 5.45. The number of nitrogens with zero attached hydrogens (tertiary/aromatic N) is 1. The van der Waals surface area contributed by atoms with E-state index >= 15 is 0 Å². The molecule has 2 atom stereocenters. The van der Waals surface area contributed by atoms with Gasteiger partial charge in [-0.2, -0.15) is 0 Å². The molecule has 0 aliphatic heterocycles. The zero-order chi connectivity index (χ0) is 13.2. The monoisotopic (exact) mass is 321 g/mol. The second-order valence-electron chi connectivity index (χ2n) is 4.83. The highest BCUT2D eigenvalue weighted by atomic mass is 79.9. The standard InChI is InChI=1S/C14H16BrN3O/c15-12-7-6-11(19-12)14(18-16)10-5-1-3-9-4-2-8-17-13(9)10/h2,4,6-8,10,14,18H,1,3,5,16H2. The van der Waals surface area contributed by atoms with Crippen molar-refractivity contribution in [1.29, 1.82) is 0 Å². The van der Waals surface area contributed by atoms with Crippen LogP contribution in [0.25, 0.3) is 0 Å². The van der Waals surface area contributed by atoms with Crippen molar-refractivity contribution >= 4 is 15.9 Å². The van der Waals surface area contributed by atoms with Gasteiger partial charge in [0.15, 0.2) is 4.67 Å². The molecular formula is C14H16BrN3O. The van der Waals surface area contributed by atoms with Crippen LogP contribution in [0.3, 0.4) is 0 Å². The zero-order valence-corrected chi connectivity index (χ0v) is 12.1. The summed E-state index contributed by atoms with van der Waals surface area (Å²) < 4.78 is 6.37. The highest BCUT2D eigenvalue weighted by Crippen LogP contribution is 2.39. The van der Waals surface area contributed by atoms with Crippen molar-refractivity contribution in [3.8, 4) is 0 Å². The van der Waals surface area contributed by atoms with E-state index in [-0.39, 0.29) is 12.0 Å². The van der Waals surface area contributed by atoms with Gasteiger partial charge in [-0.15, -0.1) is 0 Å². The number of hydrogen-bond acceptors (Lipinski definition) is 4. The molecule has 2 aromatic rings. The van der Waals surface area contributed by atoms with Gasteiger partial charge >= 0.3 is 0 Å². The van der Waals surface area contributed by atoms with Crippen molar-refractivity contribution in [1.82, 2.24) is 10.4 Å². The van der Waals surface area contributed by atoms with Crippen LogP contribution in [0.2, 0.25) is 0 Å². The van der Waals surface area contributed by atoms with Gasteiger partial charge in [-0.05, 0) is 59.0 Å². The van der Waals surface area contributed by atoms with Crippen LogP contribution in [0.15, 0.2) is 39.5 Å². The molecular weight excluding hydrogens is 306 g/mol. The third-order valence-corrected chi connectivity index (χ3v) is 4.15. The predicted molar refractivity (Wildman–Crippen MR) is 76.4 cm³/mol. The maximum Gasteiger partial charge on any atom is 0.169 e. The van der Waals surface area contributed by atoms with Gasteiger partial charge in [0.1, 0.15) is 5.76 Å². The molecule has 2 unspecified atom stereocenters. The third-order valence-electron chi connectivity index (χ3n) is 3.72. The molecule has 1 aliphatic rings. The first kappa shape index (κ1) is 12.8. The van der Waals surface area contributed by atoms with E-state index in [0.29, 0.717) is 0 Å². The van der Waals surface area contributed by atoms with Gasteiger partial charge in [-0.1, -0.05) is 6.07 Å². The van der Waals surface area contributed by atoms with Gasteiger partial charge < -0.3 is 4.42 Å². The molecule has 0 saturated carbocycles. The summed E-state index contributed by atoms with van der Waals surface area (Å²) in [5, 5.41) is 0. The van der Waals surface area contributed by atoms with E-state index in [9.17, 15) is 0 Å². The highest BCUT2D eigenvalue weighted by Gasteiger charge is 2.31. The van der Waals surface area contributed by atoms with Crippen LogP contribution >= 0.6 is 15.9 Å². The molecule has 0 radical (unpaired) electrons. The quantitative estimate of drug-likeness (QED) is 0.673. The first-order valence-corrected chi connectivity index (χ1v) is 7.24. The minimum absolute atomic E-state index is 0.0414. The Morgan fingerprint density at radius 2 is 2.32 bits per heavy atom. The molecule has 2 aromatic heterocycles. The van der Waals surface area contributed by atoms with Crippen molar-refractivity contribution in [2.45, 2.75) is 31.2 Å². The SMILES string of the molecule is NNC(c1ccc(Br)o1)C1CCCc2cccnc21. The van der Waals surface area contributed by atoms with Gasteiger partial charge in [0.05, 0.1) is 6.04 Å². The molecule has 0 saturated heterocycles. The van der Waals surface area contributed by atoms with Crippen LogP contribution in [-0.4, -0.2) is 4.98 Å². The topological polar surface area (TPSA) is 64.1 Å². The Morgan fingerprint density at radius 3 is 3.05 bits per heavy atom. The van der Waals surface area contributed by atoms with Gasteiger partial charge in [-0.25, -0.2) is 5.43 Å². The van der Waals surface area contributed by atoms with Crippen LogP contribution in [0.5, 0.6) is 0 Å². The molecule has 100 valence electrons. The lowest BCUT2D eigenvalue weighted by Gasteiger charge is -2.29. The van der Waals surface area contributed by atoms with Crippen molar-refractivity contribution < 1.29 is 4.42 Å². The molecule has 19 heavy (non-hydrogen) atoms. The lowest BCUT2D eigenvalue weighted by atomic mass is 9.81. The van der Waals surface area contributed by atoms with Gasteiger partial charge in [-0.3, -0.25) is 10.8 Å². The number of hydrazine groups is 1. The summed E-state index contributed by atoms with van der Waals surface area (Å²) in [4.78, 5) is 4.55. The summed E-state index contributed by atoms with van der Waals surface area (Å²) in [6, 6.07) is 7.95. The molecule has 1 aliphatic carbocycles. The lowest BCUT2D eigenvalue weighted by Crippen LogP contribution is -2.34. The van der Waals surface area contributed by atoms with Gasteiger partial charge in [0, 0.05) is 17.8 Å². The number of pyridine rings is 1. The molecule has 0 spiro atoms. The second-order valence-corrected chi connectivity index (χ2v) is 5.61. The Hall–Kier alpha value is -1.17. The fraction of sp³-hybridized carbons (Fsp3) is 0.357. The molecule has 5 heteroatoms. The number of hydrogen-bond donors (Lipinski definition) is 2. The van der Waals surface area contributed by atoms with Crippen LogP contribution < -0.4 is 11.3 Å². The Labute approximate surface area is 120 Å². The van der Waals surface area contributed by atoms with E-state index in [0.717, 1.165) is 35.4 Å². The summed E-state index contributed by atoms with van der Waals surface area (Å²) in [7, 11) is 0. The smallest absolute Gasteiger partial charge is 0.169 e. The maximum atomic E-state index is 5.75. The molecule has 3 N–H and O–H groups in total. The summed E-state index contributed by atoms with van der Waals surface area (Å²) in [6.45, 7) is 0. The number of furan rings is 1. The average Bonchev–Trinajstić information content (AvgIpc) is 2.86. The van der Waals surface area contributed by atoms with Crippen molar-refractivity contribution in [3.05, 3.63) is 52.1 Å². The largest absolute Gasteiger partial charge is 0.453 e. The minimum Gasteiger partial charge on any atom is -0.453 e. The third kappa shape index (κ3) is 2.45. The normalized spacial score (nSPS) is 20.0. The Morgan fingerprint density at radius 1 is 1.42 bits per heavy atom. The van der Waals surface area contributed by atoms with E-state index < -0.39 is 0 Å². The van der Waals surface area contributed by atoms with E-state index in [1.54, 1.807) is 0 Å². The van der Waals surface area contributed by atoms with E-state index in [1.165, 1.54) is 5.56 Å². The van der Waals surface area contributed by atoms with Crippen molar-refractivity contribution in [2.75, 3.05) is 0 Å². The molecule has 3 rings (SSSR count). The fourth-order valence-corrected chi connectivity index (χ4v) is 3.18. The Kier molecular flexibility index (Phi) is 3.68. The minimum atomic E-state index is -0.0414. The van der Waals surface area contributed by atoms with Crippen LogP contribution in [0, 0.1) is 0 Å². The summed E-state index contributed by atoms with van der Waals surface area (Å²) in [5.74, 6) is 6.85. The number of fused-ring (bicyclic) bond motifs is 1. The Bertz CT molecular complexity index is 569. The number of aryl methyl sites for hydroxylation is 1. The number of nitrogens with one attached hydrogen (secondary N) is 1. The molecule has 4 nitrogen and oxygen atoms in total.